The number of aryl methyl sites for hydroxylation is 1. The van der Waals surface area contributed by atoms with Crippen LogP contribution < -0.4 is 27.5 Å². The minimum Gasteiger partial charge on any atom is -0.393 e. The zero-order chi connectivity index (χ0) is 32.5. The van der Waals surface area contributed by atoms with E-state index in [0.717, 1.165) is 16.7 Å². The average Bonchev–Trinajstić information content (AvgIpc) is 2.98. The molecule has 0 radical (unpaired) electrons. The van der Waals surface area contributed by atoms with Gasteiger partial charge in [0.1, 0.15) is 5.70 Å². The Morgan fingerprint density at radius 1 is 1.07 bits per heavy atom. The maximum atomic E-state index is 13.7. The fourth-order valence-corrected chi connectivity index (χ4v) is 5.44. The maximum Gasteiger partial charge on any atom is 0.432 e. The van der Waals surface area contributed by atoms with Crippen molar-refractivity contribution in [1.29, 1.82) is 0 Å². The van der Waals surface area contributed by atoms with E-state index >= 15 is 0 Å². The molecule has 2 bridgehead atoms. The number of fused-ring (bicyclic) bond motifs is 4. The number of hydrogen-bond donors (Lipinski definition) is 3. The lowest BCUT2D eigenvalue weighted by atomic mass is 9.95. The van der Waals surface area contributed by atoms with Crippen molar-refractivity contribution in [2.45, 2.75) is 45.3 Å². The van der Waals surface area contributed by atoms with E-state index in [1.165, 1.54) is 35.2 Å². The lowest BCUT2D eigenvalue weighted by Gasteiger charge is -2.23. The van der Waals surface area contributed by atoms with Crippen molar-refractivity contribution in [2.75, 3.05) is 10.3 Å². The van der Waals surface area contributed by atoms with Crippen molar-refractivity contribution in [3.63, 3.8) is 0 Å². The van der Waals surface area contributed by atoms with Crippen molar-refractivity contribution in [2.24, 2.45) is 17.5 Å². The number of allylic oxidation sites excluding steroid dienone is 1. The molecule has 5 rings (SSSR count). The molecule has 0 aliphatic carbocycles. The monoisotopic (exact) mass is 637 g/mol. The Kier molecular flexibility index (Phi) is 8.98. The molecule has 1 amide bonds. The van der Waals surface area contributed by atoms with E-state index in [4.69, 9.17) is 23.2 Å². The third-order valence-electron chi connectivity index (χ3n) is 7.72. The summed E-state index contributed by atoms with van der Waals surface area (Å²) in [5, 5.41) is 4.04. The summed E-state index contributed by atoms with van der Waals surface area (Å²) >= 11 is 6.21. The number of anilines is 2. The third-order valence-corrected chi connectivity index (χ3v) is 7.95. The van der Waals surface area contributed by atoms with Gasteiger partial charge < -0.3 is 11.1 Å². The number of benzene rings is 2. The number of carbonyl (C=O) groups is 1. The normalized spacial score (nSPS) is 17.5. The first-order valence-corrected chi connectivity index (χ1v) is 14.5. The summed E-state index contributed by atoms with van der Waals surface area (Å²) in [6.07, 6.45) is 0.489. The first kappa shape index (κ1) is 31.7. The molecule has 2 aromatic heterocycles. The van der Waals surface area contributed by atoms with E-state index in [0.29, 0.717) is 41.9 Å². The molecular formula is C32H31ClF3N7O2. The smallest absolute Gasteiger partial charge is 0.393 e. The Labute approximate surface area is 262 Å². The number of aromatic nitrogens is 3. The number of hydrogen-bond acceptors (Lipinski definition) is 7. The van der Waals surface area contributed by atoms with E-state index in [1.54, 1.807) is 6.20 Å². The van der Waals surface area contributed by atoms with Gasteiger partial charge in [-0.05, 0) is 67.3 Å². The molecule has 1 aliphatic heterocycles. The Hall–Kier alpha value is -4.68. The molecule has 9 nitrogen and oxygen atoms in total. The molecule has 3 heterocycles. The number of halogens is 4. The lowest BCUT2D eigenvalue weighted by molar-refractivity contribution is -0.119. The van der Waals surface area contributed by atoms with E-state index < -0.39 is 23.5 Å². The van der Waals surface area contributed by atoms with Crippen LogP contribution in [0.3, 0.4) is 0 Å². The quantitative estimate of drug-likeness (QED) is 0.176. The molecule has 5 N–H and O–H groups in total. The summed E-state index contributed by atoms with van der Waals surface area (Å²) in [6.45, 7) is 3.82. The number of alkyl halides is 3. The molecular weight excluding hydrogens is 607 g/mol. The largest absolute Gasteiger partial charge is 0.432 e. The van der Waals surface area contributed by atoms with Crippen molar-refractivity contribution >= 4 is 28.9 Å². The summed E-state index contributed by atoms with van der Waals surface area (Å²) in [4.78, 5) is 35.8. The lowest BCUT2D eigenvalue weighted by Crippen LogP contribution is -2.30. The molecule has 4 aromatic rings. The molecule has 2 atom stereocenters. The van der Waals surface area contributed by atoms with E-state index in [-0.39, 0.29) is 33.8 Å². The average molecular weight is 638 g/mol. The Morgan fingerprint density at radius 3 is 2.58 bits per heavy atom. The van der Waals surface area contributed by atoms with Crippen molar-refractivity contribution < 1.29 is 18.0 Å². The van der Waals surface area contributed by atoms with Gasteiger partial charge in [-0.25, -0.2) is 10.8 Å². The molecule has 1 aliphatic rings. The van der Waals surface area contributed by atoms with E-state index in [2.05, 4.69) is 15.3 Å². The molecule has 2 aromatic carbocycles. The SMILES string of the molecule is Cc1ccc2c(c1)NC(=O)C(C)CCCC(n1cnc(-c3cc(Cl)ccc3N(N)C=C(N)C(F)(F)F)cc1=O)c1cc-2ccn1. The third kappa shape index (κ3) is 7.02. The molecule has 0 saturated carbocycles. The van der Waals surface area contributed by atoms with Gasteiger partial charge in [-0.15, -0.1) is 0 Å². The highest BCUT2D eigenvalue weighted by Gasteiger charge is 2.32. The highest BCUT2D eigenvalue weighted by atomic mass is 35.5. The molecule has 234 valence electrons. The van der Waals surface area contributed by atoms with Gasteiger partial charge in [0.2, 0.25) is 5.91 Å². The van der Waals surface area contributed by atoms with Crippen LogP contribution in [0.4, 0.5) is 24.5 Å². The number of carbonyl (C=O) groups excluding carboxylic acids is 1. The standard InChI is InChI=1S/C32H31ClF3N7O2/c1-18-6-8-22-20-10-11-39-26(13-20)28(5-3-4-19(2)31(45)41-25(22)12-18)42-17-40-24(15-30(42)44)23-14-21(33)7-9-27(23)43(38)16-29(37)32(34,35)36/h6-17,19,28H,3-5,37-38H2,1-2H3,(H,41,45). The second-order valence-electron chi connectivity index (χ2n) is 11.0. The Balaban J connectivity index is 1.57. The number of pyridine rings is 1. The van der Waals surface area contributed by atoms with Crippen LogP contribution in [0.2, 0.25) is 5.02 Å². The number of nitrogens with two attached hydrogens (primary N) is 2. The first-order valence-electron chi connectivity index (χ1n) is 14.2. The number of nitrogens with zero attached hydrogens (tertiary/aromatic N) is 4. The van der Waals surface area contributed by atoms with Gasteiger partial charge in [0.05, 0.1) is 29.4 Å². The Morgan fingerprint density at radius 2 is 1.84 bits per heavy atom. The summed E-state index contributed by atoms with van der Waals surface area (Å²) < 4.78 is 40.6. The zero-order valence-electron chi connectivity index (χ0n) is 24.5. The number of rotatable bonds is 4. The van der Waals surface area contributed by atoms with Crippen molar-refractivity contribution in [1.82, 2.24) is 14.5 Å². The maximum absolute atomic E-state index is 13.7. The van der Waals surface area contributed by atoms with Gasteiger partial charge in [0.25, 0.3) is 5.56 Å². The summed E-state index contributed by atoms with van der Waals surface area (Å²) in [6, 6.07) is 14.6. The van der Waals surface area contributed by atoms with Crippen molar-refractivity contribution in [3.05, 3.63) is 106 Å². The van der Waals surface area contributed by atoms with Gasteiger partial charge in [-0.3, -0.25) is 24.1 Å². The van der Waals surface area contributed by atoms with Gasteiger partial charge in [0.15, 0.2) is 0 Å². The predicted octanol–water partition coefficient (Wildman–Crippen LogP) is 6.32. The van der Waals surface area contributed by atoms with Crippen LogP contribution in [0, 0.1) is 12.8 Å². The zero-order valence-corrected chi connectivity index (χ0v) is 25.2. The molecule has 45 heavy (non-hydrogen) atoms. The van der Waals surface area contributed by atoms with Gasteiger partial charge >= 0.3 is 6.18 Å². The van der Waals surface area contributed by atoms with E-state index in [1.807, 2.05) is 44.2 Å². The van der Waals surface area contributed by atoms with Crippen LogP contribution in [-0.4, -0.2) is 26.6 Å². The fraction of sp³-hybridized carbons (Fsp3) is 0.250. The fourth-order valence-electron chi connectivity index (χ4n) is 5.27. The minimum atomic E-state index is -4.79. The number of hydrazine groups is 1. The first-order chi connectivity index (χ1) is 21.3. The van der Waals surface area contributed by atoms with Gasteiger partial charge in [-0.1, -0.05) is 37.1 Å². The molecule has 0 spiro atoms. The van der Waals surface area contributed by atoms with Crippen LogP contribution in [0.1, 0.15) is 43.5 Å². The van der Waals surface area contributed by atoms with Crippen LogP contribution in [0.5, 0.6) is 0 Å². The number of amides is 1. The predicted molar refractivity (Wildman–Crippen MR) is 168 cm³/mol. The summed E-state index contributed by atoms with van der Waals surface area (Å²) in [7, 11) is 0. The van der Waals surface area contributed by atoms with Crippen LogP contribution >= 0.6 is 11.6 Å². The Bertz CT molecular complexity index is 1840. The van der Waals surface area contributed by atoms with E-state index in [9.17, 15) is 22.8 Å². The summed E-state index contributed by atoms with van der Waals surface area (Å²) in [5.41, 5.74) is 7.78. The minimum absolute atomic E-state index is 0.0884. The molecule has 13 heteroatoms. The highest BCUT2D eigenvalue weighted by Crippen LogP contribution is 2.35. The summed E-state index contributed by atoms with van der Waals surface area (Å²) in [5.74, 6) is 5.57. The highest BCUT2D eigenvalue weighted by molar-refractivity contribution is 6.31. The molecule has 0 saturated heterocycles. The van der Waals surface area contributed by atoms with Crippen LogP contribution in [0.25, 0.3) is 22.4 Å². The van der Waals surface area contributed by atoms with Crippen LogP contribution in [-0.2, 0) is 4.79 Å². The second kappa shape index (κ2) is 12.7. The van der Waals surface area contributed by atoms with Crippen LogP contribution in [0.15, 0.2) is 83.8 Å². The van der Waals surface area contributed by atoms with Gasteiger partial charge in [0, 0.05) is 46.2 Å². The molecule has 0 fully saturated rings. The second-order valence-corrected chi connectivity index (χ2v) is 11.5. The van der Waals surface area contributed by atoms with Gasteiger partial charge in [-0.2, -0.15) is 13.2 Å². The topological polar surface area (TPSA) is 132 Å². The van der Waals surface area contributed by atoms with Crippen molar-refractivity contribution in [3.8, 4) is 22.4 Å². The number of nitrogens with one attached hydrogen (secondary N) is 1. The molecule has 2 unspecified atom stereocenters.